The molecular weight excluding hydrogens is 392 g/mol. The predicted molar refractivity (Wildman–Crippen MR) is 115 cm³/mol. The van der Waals surface area contributed by atoms with Gasteiger partial charge in [0.05, 0.1) is 16.1 Å². The molecule has 0 atom stereocenters. The van der Waals surface area contributed by atoms with Crippen molar-refractivity contribution in [2.45, 2.75) is 9.79 Å². The van der Waals surface area contributed by atoms with E-state index >= 15 is 0 Å². The number of amides is 1. The summed E-state index contributed by atoms with van der Waals surface area (Å²) in [7, 11) is -2.25. The molecule has 3 rings (SSSR count). The number of nitrogens with zero attached hydrogens (tertiary/aromatic N) is 1. The van der Waals surface area contributed by atoms with Crippen LogP contribution >= 0.6 is 11.8 Å². The van der Waals surface area contributed by atoms with Crippen molar-refractivity contribution in [3.05, 3.63) is 84.4 Å². The first kappa shape index (κ1) is 20.0. The molecule has 0 heterocycles. The van der Waals surface area contributed by atoms with Crippen LogP contribution < -0.4 is 9.62 Å². The molecule has 0 bridgehead atoms. The molecule has 0 fully saturated rings. The number of rotatable bonds is 6. The quantitative estimate of drug-likeness (QED) is 0.606. The minimum Gasteiger partial charge on any atom is -0.322 e. The second kappa shape index (κ2) is 8.50. The Morgan fingerprint density at radius 2 is 1.61 bits per heavy atom. The summed E-state index contributed by atoms with van der Waals surface area (Å²) in [6.45, 7) is 0. The van der Waals surface area contributed by atoms with Crippen molar-refractivity contribution in [3.63, 3.8) is 0 Å². The first-order valence-corrected chi connectivity index (χ1v) is 11.2. The van der Waals surface area contributed by atoms with Crippen LogP contribution in [0.4, 0.5) is 11.4 Å². The van der Waals surface area contributed by atoms with Crippen LogP contribution in [0.2, 0.25) is 0 Å². The first-order valence-electron chi connectivity index (χ1n) is 8.52. The van der Waals surface area contributed by atoms with Crippen LogP contribution in [0, 0.1) is 0 Å². The van der Waals surface area contributed by atoms with Crippen molar-refractivity contribution in [3.8, 4) is 0 Å². The zero-order valence-electron chi connectivity index (χ0n) is 15.5. The van der Waals surface area contributed by atoms with Gasteiger partial charge in [0, 0.05) is 17.6 Å². The molecular formula is C21H20N2O3S2. The average Bonchev–Trinajstić information content (AvgIpc) is 2.73. The molecule has 5 nitrogen and oxygen atoms in total. The van der Waals surface area contributed by atoms with E-state index < -0.39 is 10.0 Å². The summed E-state index contributed by atoms with van der Waals surface area (Å²) >= 11 is 1.48. The number of nitrogens with one attached hydrogen (secondary N) is 1. The summed E-state index contributed by atoms with van der Waals surface area (Å²) in [4.78, 5) is 13.6. The molecule has 0 saturated carbocycles. The van der Waals surface area contributed by atoms with Crippen LogP contribution in [0.1, 0.15) is 10.4 Å². The Morgan fingerprint density at radius 3 is 2.32 bits per heavy atom. The van der Waals surface area contributed by atoms with Gasteiger partial charge in [-0.1, -0.05) is 36.4 Å². The van der Waals surface area contributed by atoms with Crippen molar-refractivity contribution in [2.24, 2.45) is 0 Å². The molecule has 28 heavy (non-hydrogen) atoms. The number of carbonyl (C=O) groups excluding carboxylic acids is 1. The Morgan fingerprint density at radius 1 is 0.929 bits per heavy atom. The van der Waals surface area contributed by atoms with Crippen molar-refractivity contribution in [1.29, 1.82) is 0 Å². The summed E-state index contributed by atoms with van der Waals surface area (Å²) in [6, 6.07) is 22.4. The van der Waals surface area contributed by atoms with Crippen molar-refractivity contribution in [2.75, 3.05) is 22.9 Å². The highest BCUT2D eigenvalue weighted by Gasteiger charge is 2.22. The van der Waals surface area contributed by atoms with E-state index in [-0.39, 0.29) is 10.8 Å². The van der Waals surface area contributed by atoms with E-state index in [9.17, 15) is 13.2 Å². The molecule has 0 radical (unpaired) electrons. The molecule has 3 aromatic rings. The van der Waals surface area contributed by atoms with Crippen LogP contribution in [-0.2, 0) is 10.0 Å². The molecule has 0 spiro atoms. The summed E-state index contributed by atoms with van der Waals surface area (Å²) < 4.78 is 27.1. The van der Waals surface area contributed by atoms with Crippen LogP contribution in [0.5, 0.6) is 0 Å². The lowest BCUT2D eigenvalue weighted by atomic mass is 10.2. The van der Waals surface area contributed by atoms with Crippen LogP contribution in [0.25, 0.3) is 0 Å². The van der Waals surface area contributed by atoms with E-state index in [0.717, 1.165) is 4.90 Å². The number of para-hydroxylation sites is 1. The largest absolute Gasteiger partial charge is 0.322 e. The van der Waals surface area contributed by atoms with Gasteiger partial charge in [-0.25, -0.2) is 8.42 Å². The van der Waals surface area contributed by atoms with Crippen molar-refractivity contribution < 1.29 is 13.2 Å². The summed E-state index contributed by atoms with van der Waals surface area (Å²) in [6.07, 6.45) is 1.90. The summed E-state index contributed by atoms with van der Waals surface area (Å²) in [5.74, 6) is -0.282. The van der Waals surface area contributed by atoms with Crippen LogP contribution in [0.15, 0.2) is 88.7 Å². The number of hydrogen-bond donors (Lipinski definition) is 1. The molecule has 0 aliphatic carbocycles. The Balaban J connectivity index is 1.87. The van der Waals surface area contributed by atoms with Gasteiger partial charge in [0.25, 0.3) is 15.9 Å². The Kier molecular flexibility index (Phi) is 6.06. The molecule has 0 aliphatic heterocycles. The van der Waals surface area contributed by atoms with Gasteiger partial charge in [-0.05, 0) is 48.7 Å². The van der Waals surface area contributed by atoms with Crippen molar-refractivity contribution in [1.82, 2.24) is 0 Å². The molecule has 0 aliphatic rings. The van der Waals surface area contributed by atoms with E-state index in [1.54, 1.807) is 48.5 Å². The normalized spacial score (nSPS) is 11.1. The topological polar surface area (TPSA) is 66.5 Å². The van der Waals surface area contributed by atoms with Crippen LogP contribution in [0.3, 0.4) is 0 Å². The molecule has 0 unspecified atom stereocenters. The molecule has 0 saturated heterocycles. The number of thioether (sulfide) groups is 1. The van der Waals surface area contributed by atoms with Gasteiger partial charge in [-0.3, -0.25) is 9.10 Å². The molecule has 3 aromatic carbocycles. The lowest BCUT2D eigenvalue weighted by Crippen LogP contribution is -2.26. The number of hydrogen-bond acceptors (Lipinski definition) is 4. The summed E-state index contributed by atoms with van der Waals surface area (Å²) in [5.41, 5.74) is 1.53. The highest BCUT2D eigenvalue weighted by molar-refractivity contribution is 7.98. The maximum Gasteiger partial charge on any atom is 0.264 e. The predicted octanol–water partition coefficient (Wildman–Crippen LogP) is 4.49. The van der Waals surface area contributed by atoms with Crippen molar-refractivity contribution >= 4 is 39.1 Å². The van der Waals surface area contributed by atoms with Gasteiger partial charge in [0.2, 0.25) is 0 Å². The third-order valence-electron chi connectivity index (χ3n) is 4.22. The minimum absolute atomic E-state index is 0.106. The number of benzene rings is 3. The molecule has 7 heteroatoms. The van der Waals surface area contributed by atoms with E-state index in [1.807, 2.05) is 24.5 Å². The average molecular weight is 413 g/mol. The first-order chi connectivity index (χ1) is 13.4. The number of sulfonamides is 1. The van der Waals surface area contributed by atoms with Gasteiger partial charge in [0.15, 0.2) is 0 Å². The molecule has 1 amide bonds. The fourth-order valence-corrected chi connectivity index (χ4v) is 4.54. The Labute approximate surface area is 169 Å². The maximum absolute atomic E-state index is 13.0. The molecule has 0 aromatic heterocycles. The van der Waals surface area contributed by atoms with E-state index in [2.05, 4.69) is 5.32 Å². The highest BCUT2D eigenvalue weighted by atomic mass is 32.2. The lowest BCUT2D eigenvalue weighted by Gasteiger charge is -2.20. The zero-order valence-corrected chi connectivity index (χ0v) is 17.1. The SMILES string of the molecule is CSc1ccccc1C(=O)Nc1cccc(S(=O)(=O)N(C)c2ccccc2)c1. The molecule has 1 N–H and O–H groups in total. The maximum atomic E-state index is 13.0. The second-order valence-electron chi connectivity index (χ2n) is 5.99. The van der Waals surface area contributed by atoms with E-state index in [1.165, 1.54) is 35.2 Å². The monoisotopic (exact) mass is 412 g/mol. The lowest BCUT2D eigenvalue weighted by molar-refractivity contribution is 0.102. The van der Waals surface area contributed by atoms with Gasteiger partial charge in [-0.15, -0.1) is 11.8 Å². The fraction of sp³-hybridized carbons (Fsp3) is 0.0952. The third kappa shape index (κ3) is 4.21. The van der Waals surface area contributed by atoms with E-state index in [4.69, 9.17) is 0 Å². The third-order valence-corrected chi connectivity index (χ3v) is 6.80. The van der Waals surface area contributed by atoms with Gasteiger partial charge in [0.1, 0.15) is 0 Å². The summed E-state index contributed by atoms with van der Waals surface area (Å²) in [5, 5.41) is 2.79. The van der Waals surface area contributed by atoms with Gasteiger partial charge >= 0.3 is 0 Å². The Hall–Kier alpha value is -2.77. The van der Waals surface area contributed by atoms with Gasteiger partial charge < -0.3 is 5.32 Å². The Bertz CT molecular complexity index is 1080. The number of carbonyl (C=O) groups is 1. The zero-order chi connectivity index (χ0) is 20.1. The number of anilines is 2. The highest BCUT2D eigenvalue weighted by Crippen LogP contribution is 2.25. The smallest absolute Gasteiger partial charge is 0.264 e. The molecule has 144 valence electrons. The van der Waals surface area contributed by atoms with Gasteiger partial charge in [-0.2, -0.15) is 0 Å². The standard InChI is InChI=1S/C21H20N2O3S2/c1-23(17-10-4-3-5-11-17)28(25,26)18-12-8-9-16(15-18)22-21(24)19-13-6-7-14-20(19)27-2/h3-15H,1-2H3,(H,22,24). The van der Waals surface area contributed by atoms with E-state index in [0.29, 0.717) is 16.9 Å². The minimum atomic E-state index is -3.75. The second-order valence-corrected chi connectivity index (χ2v) is 8.81. The van der Waals surface area contributed by atoms with Crippen LogP contribution in [-0.4, -0.2) is 27.6 Å². The fourth-order valence-electron chi connectivity index (χ4n) is 2.70.